The van der Waals surface area contributed by atoms with Crippen LogP contribution in [0, 0.1) is 5.41 Å². The molecule has 0 heterocycles. The van der Waals surface area contributed by atoms with E-state index in [1.165, 1.54) is 0 Å². The number of rotatable bonds is 5. The van der Waals surface area contributed by atoms with Crippen LogP contribution in [0.3, 0.4) is 0 Å². The van der Waals surface area contributed by atoms with Crippen LogP contribution in [0.1, 0.15) is 46.0 Å². The van der Waals surface area contributed by atoms with Crippen molar-refractivity contribution in [2.45, 2.75) is 46.0 Å². The number of esters is 2. The standard InChI is InChI=1S/C13H20O5/c1-3-17-11(15)9-13(12(16)18-4-2)8-6-5-7-10(13)14/h3-9H2,1-2H3/t13-/m1/s1. The molecular weight excluding hydrogens is 236 g/mol. The number of ether oxygens (including phenoxy) is 2. The van der Waals surface area contributed by atoms with E-state index in [1.807, 2.05) is 0 Å². The van der Waals surface area contributed by atoms with Gasteiger partial charge < -0.3 is 9.47 Å². The molecule has 0 radical (unpaired) electrons. The lowest BCUT2D eigenvalue weighted by molar-refractivity contribution is -0.168. The van der Waals surface area contributed by atoms with Crippen LogP contribution in [-0.2, 0) is 23.9 Å². The Bertz CT molecular complexity index is 336. The summed E-state index contributed by atoms with van der Waals surface area (Å²) in [5.41, 5.74) is -1.31. The maximum Gasteiger partial charge on any atom is 0.320 e. The van der Waals surface area contributed by atoms with Crippen LogP contribution < -0.4 is 0 Å². The van der Waals surface area contributed by atoms with Crippen molar-refractivity contribution in [1.82, 2.24) is 0 Å². The van der Waals surface area contributed by atoms with Crippen LogP contribution in [0.2, 0.25) is 0 Å². The number of carbonyl (C=O) groups excluding carboxylic acids is 3. The average Bonchev–Trinajstić information content (AvgIpc) is 2.32. The Labute approximate surface area is 107 Å². The topological polar surface area (TPSA) is 69.7 Å². The molecule has 1 aliphatic carbocycles. The number of ketones is 1. The van der Waals surface area contributed by atoms with E-state index in [0.29, 0.717) is 12.8 Å². The Kier molecular flexibility index (Phi) is 5.31. The molecule has 1 atom stereocenters. The highest BCUT2D eigenvalue weighted by Crippen LogP contribution is 2.38. The number of carbonyl (C=O) groups is 3. The highest BCUT2D eigenvalue weighted by Gasteiger charge is 2.49. The van der Waals surface area contributed by atoms with Crippen molar-refractivity contribution in [2.24, 2.45) is 5.41 Å². The summed E-state index contributed by atoms with van der Waals surface area (Å²) >= 11 is 0. The summed E-state index contributed by atoms with van der Waals surface area (Å²) in [6, 6.07) is 0. The number of Topliss-reactive ketones (excluding diaryl/α,β-unsaturated/α-hetero) is 1. The molecule has 5 nitrogen and oxygen atoms in total. The third-order valence-corrected chi connectivity index (χ3v) is 3.21. The first-order chi connectivity index (χ1) is 8.56. The summed E-state index contributed by atoms with van der Waals surface area (Å²) in [7, 11) is 0. The van der Waals surface area contributed by atoms with E-state index in [9.17, 15) is 14.4 Å². The molecule has 1 saturated carbocycles. The summed E-state index contributed by atoms with van der Waals surface area (Å²) in [6.45, 7) is 3.82. The van der Waals surface area contributed by atoms with Crippen LogP contribution in [0.5, 0.6) is 0 Å². The van der Waals surface area contributed by atoms with Crippen molar-refractivity contribution in [1.29, 1.82) is 0 Å². The Morgan fingerprint density at radius 2 is 1.83 bits per heavy atom. The van der Waals surface area contributed by atoms with Gasteiger partial charge in [0, 0.05) is 6.42 Å². The smallest absolute Gasteiger partial charge is 0.320 e. The normalized spacial score (nSPS) is 23.6. The largest absolute Gasteiger partial charge is 0.466 e. The molecule has 1 aliphatic rings. The summed E-state index contributed by atoms with van der Waals surface area (Å²) in [5, 5.41) is 0. The van der Waals surface area contributed by atoms with Gasteiger partial charge in [0.05, 0.1) is 19.6 Å². The zero-order valence-corrected chi connectivity index (χ0v) is 11.0. The first-order valence-corrected chi connectivity index (χ1v) is 6.43. The van der Waals surface area contributed by atoms with Gasteiger partial charge in [0.2, 0.25) is 0 Å². The van der Waals surface area contributed by atoms with Gasteiger partial charge in [-0.1, -0.05) is 6.42 Å². The van der Waals surface area contributed by atoms with Crippen LogP contribution in [0.25, 0.3) is 0 Å². The van der Waals surface area contributed by atoms with Gasteiger partial charge in [-0.15, -0.1) is 0 Å². The Balaban J connectivity index is 2.89. The molecule has 102 valence electrons. The number of hydrogen-bond acceptors (Lipinski definition) is 5. The van der Waals surface area contributed by atoms with Crippen LogP contribution in [0.15, 0.2) is 0 Å². The van der Waals surface area contributed by atoms with Crippen LogP contribution in [0.4, 0.5) is 0 Å². The van der Waals surface area contributed by atoms with Gasteiger partial charge in [0.25, 0.3) is 0 Å². The second kappa shape index (κ2) is 6.52. The number of hydrogen-bond donors (Lipinski definition) is 0. The molecule has 0 aromatic rings. The van der Waals surface area contributed by atoms with E-state index in [4.69, 9.17) is 9.47 Å². The highest BCUT2D eigenvalue weighted by molar-refractivity contribution is 6.06. The molecule has 0 N–H and O–H groups in total. The molecule has 5 heteroatoms. The molecule has 0 saturated heterocycles. The predicted octanol–water partition coefficient (Wildman–Crippen LogP) is 1.63. The van der Waals surface area contributed by atoms with Gasteiger partial charge in [-0.3, -0.25) is 14.4 Å². The third kappa shape index (κ3) is 3.09. The summed E-state index contributed by atoms with van der Waals surface area (Å²) in [4.78, 5) is 35.7. The quantitative estimate of drug-likeness (QED) is 0.552. The lowest BCUT2D eigenvalue weighted by Gasteiger charge is -2.32. The lowest BCUT2D eigenvalue weighted by Crippen LogP contribution is -2.44. The molecule has 1 rings (SSSR count). The molecular formula is C13H20O5. The van der Waals surface area contributed by atoms with Gasteiger partial charge >= 0.3 is 11.9 Å². The summed E-state index contributed by atoms with van der Waals surface area (Å²) < 4.78 is 9.81. The maximum atomic E-state index is 12.1. The second-order valence-corrected chi connectivity index (χ2v) is 4.41. The molecule has 0 spiro atoms. The molecule has 18 heavy (non-hydrogen) atoms. The van der Waals surface area contributed by atoms with E-state index < -0.39 is 17.4 Å². The van der Waals surface area contributed by atoms with Crippen molar-refractivity contribution in [2.75, 3.05) is 13.2 Å². The lowest BCUT2D eigenvalue weighted by atomic mass is 9.70. The first-order valence-electron chi connectivity index (χ1n) is 6.43. The van der Waals surface area contributed by atoms with Crippen LogP contribution in [-0.4, -0.2) is 30.9 Å². The third-order valence-electron chi connectivity index (χ3n) is 3.21. The SMILES string of the molecule is CCOC(=O)C[C@]1(C(=O)OCC)CCCCC1=O. The molecule has 0 bridgehead atoms. The monoisotopic (exact) mass is 256 g/mol. The molecule has 1 fully saturated rings. The molecule has 0 aromatic carbocycles. The molecule has 0 unspecified atom stereocenters. The second-order valence-electron chi connectivity index (χ2n) is 4.41. The first kappa shape index (κ1) is 14.7. The maximum absolute atomic E-state index is 12.1. The zero-order valence-electron chi connectivity index (χ0n) is 11.0. The van der Waals surface area contributed by atoms with E-state index in [2.05, 4.69) is 0 Å². The predicted molar refractivity (Wildman–Crippen MR) is 63.8 cm³/mol. The van der Waals surface area contributed by atoms with Gasteiger partial charge in [-0.2, -0.15) is 0 Å². The van der Waals surface area contributed by atoms with E-state index >= 15 is 0 Å². The summed E-state index contributed by atoms with van der Waals surface area (Å²) in [5.74, 6) is -1.29. The van der Waals surface area contributed by atoms with Gasteiger partial charge in [0.1, 0.15) is 5.41 Å². The zero-order chi connectivity index (χ0) is 13.6. The van der Waals surface area contributed by atoms with Gasteiger partial charge in [-0.05, 0) is 26.7 Å². The van der Waals surface area contributed by atoms with Crippen molar-refractivity contribution >= 4 is 17.7 Å². The fourth-order valence-corrected chi connectivity index (χ4v) is 2.29. The van der Waals surface area contributed by atoms with Crippen molar-refractivity contribution in [3.8, 4) is 0 Å². The van der Waals surface area contributed by atoms with Gasteiger partial charge in [-0.25, -0.2) is 0 Å². The highest BCUT2D eigenvalue weighted by atomic mass is 16.5. The van der Waals surface area contributed by atoms with E-state index in [1.54, 1.807) is 13.8 Å². The Morgan fingerprint density at radius 1 is 1.17 bits per heavy atom. The average molecular weight is 256 g/mol. The Hall–Kier alpha value is -1.39. The minimum Gasteiger partial charge on any atom is -0.466 e. The van der Waals surface area contributed by atoms with Crippen molar-refractivity contribution in [3.05, 3.63) is 0 Å². The van der Waals surface area contributed by atoms with E-state index in [0.717, 1.165) is 12.8 Å². The van der Waals surface area contributed by atoms with Crippen molar-refractivity contribution in [3.63, 3.8) is 0 Å². The minimum atomic E-state index is -1.31. The Morgan fingerprint density at radius 3 is 2.39 bits per heavy atom. The molecule has 0 aromatic heterocycles. The fourth-order valence-electron chi connectivity index (χ4n) is 2.29. The van der Waals surface area contributed by atoms with E-state index in [-0.39, 0.29) is 25.4 Å². The van der Waals surface area contributed by atoms with Gasteiger partial charge in [0.15, 0.2) is 5.78 Å². The van der Waals surface area contributed by atoms with Crippen LogP contribution >= 0.6 is 0 Å². The fraction of sp³-hybridized carbons (Fsp3) is 0.769. The minimum absolute atomic E-state index is 0.194. The van der Waals surface area contributed by atoms with Crippen molar-refractivity contribution < 1.29 is 23.9 Å². The molecule has 0 aliphatic heterocycles. The molecule has 0 amide bonds. The summed E-state index contributed by atoms with van der Waals surface area (Å²) in [6.07, 6.45) is 2.03.